The van der Waals surface area contributed by atoms with Gasteiger partial charge in [0.15, 0.2) is 0 Å². The van der Waals surface area contributed by atoms with Gasteiger partial charge in [-0.05, 0) is 42.1 Å². The van der Waals surface area contributed by atoms with Crippen LogP contribution in [0.2, 0.25) is 5.04 Å². The quantitative estimate of drug-likeness (QED) is 0.413. The highest BCUT2D eigenvalue weighted by atomic mass is 28.4. The van der Waals surface area contributed by atoms with Crippen LogP contribution in [0.5, 0.6) is 0 Å². The summed E-state index contributed by atoms with van der Waals surface area (Å²) in [6, 6.07) is 21.7. The molecule has 0 saturated heterocycles. The van der Waals surface area contributed by atoms with Gasteiger partial charge in [-0.3, -0.25) is 0 Å². The molecule has 0 N–H and O–H groups in total. The highest BCUT2D eigenvalue weighted by Crippen LogP contribution is 2.38. The topological polar surface area (TPSA) is 9.23 Å². The fourth-order valence-electron chi connectivity index (χ4n) is 3.74. The van der Waals surface area contributed by atoms with E-state index in [1.54, 1.807) is 0 Å². The van der Waals surface area contributed by atoms with Crippen LogP contribution in [0.4, 0.5) is 0 Å². The zero-order chi connectivity index (χ0) is 19.9. The van der Waals surface area contributed by atoms with E-state index in [2.05, 4.69) is 108 Å². The third kappa shape index (κ3) is 4.69. The summed E-state index contributed by atoms with van der Waals surface area (Å²) >= 11 is 0. The molecule has 2 aromatic carbocycles. The van der Waals surface area contributed by atoms with Crippen LogP contribution in [0.3, 0.4) is 0 Å². The SMILES string of the molecule is C=CCCC(O[Si](c1ccccc1)(c1ccccc1)C(C)(C)C)/C(C)=C\C. The van der Waals surface area contributed by atoms with Crippen molar-refractivity contribution in [3.05, 3.63) is 85.0 Å². The summed E-state index contributed by atoms with van der Waals surface area (Å²) in [5, 5.41) is 2.66. The fraction of sp³-hybridized carbons (Fsp3) is 0.360. The summed E-state index contributed by atoms with van der Waals surface area (Å²) in [7, 11) is -2.52. The Hall–Kier alpha value is -1.90. The van der Waals surface area contributed by atoms with Crippen LogP contribution in [-0.4, -0.2) is 14.4 Å². The Morgan fingerprint density at radius 3 is 1.85 bits per heavy atom. The van der Waals surface area contributed by atoms with Crippen molar-refractivity contribution in [2.24, 2.45) is 0 Å². The van der Waals surface area contributed by atoms with Gasteiger partial charge in [-0.25, -0.2) is 0 Å². The van der Waals surface area contributed by atoms with Crippen molar-refractivity contribution in [1.82, 2.24) is 0 Å². The molecule has 0 bridgehead atoms. The summed E-state index contributed by atoms with van der Waals surface area (Å²) in [5.74, 6) is 0. The molecule has 2 aromatic rings. The molecule has 0 radical (unpaired) electrons. The first-order valence-electron chi connectivity index (χ1n) is 9.89. The molecule has 0 spiro atoms. The monoisotopic (exact) mass is 378 g/mol. The van der Waals surface area contributed by atoms with Gasteiger partial charge in [-0.15, -0.1) is 6.58 Å². The lowest BCUT2D eigenvalue weighted by atomic mass is 10.1. The molecular formula is C25H34OSi. The molecule has 1 unspecified atom stereocenters. The van der Waals surface area contributed by atoms with Gasteiger partial charge in [-0.2, -0.15) is 0 Å². The van der Waals surface area contributed by atoms with Crippen molar-refractivity contribution >= 4 is 18.7 Å². The molecule has 0 saturated carbocycles. The normalized spacial score (nSPS) is 14.0. The lowest BCUT2D eigenvalue weighted by Gasteiger charge is -2.45. The molecule has 0 amide bonds. The van der Waals surface area contributed by atoms with Crippen LogP contribution in [0.15, 0.2) is 85.0 Å². The lowest BCUT2D eigenvalue weighted by Crippen LogP contribution is -2.67. The predicted molar refractivity (Wildman–Crippen MR) is 121 cm³/mol. The number of allylic oxidation sites excluding steroid dienone is 2. The van der Waals surface area contributed by atoms with Crippen molar-refractivity contribution in [3.8, 4) is 0 Å². The predicted octanol–water partition coefficient (Wildman–Crippen LogP) is 5.86. The van der Waals surface area contributed by atoms with Gasteiger partial charge in [0.1, 0.15) is 0 Å². The molecule has 1 nitrogen and oxygen atoms in total. The first kappa shape index (κ1) is 21.4. The number of rotatable bonds is 8. The van der Waals surface area contributed by atoms with Gasteiger partial charge in [0.05, 0.1) is 6.10 Å². The maximum Gasteiger partial charge on any atom is 0.261 e. The Labute approximate surface area is 166 Å². The molecule has 0 aliphatic rings. The molecule has 2 heteroatoms. The van der Waals surface area contributed by atoms with E-state index in [0.717, 1.165) is 12.8 Å². The average molecular weight is 379 g/mol. The van der Waals surface area contributed by atoms with Crippen LogP contribution in [0, 0.1) is 0 Å². The van der Waals surface area contributed by atoms with Gasteiger partial charge in [0.25, 0.3) is 8.32 Å². The number of hydrogen-bond acceptors (Lipinski definition) is 1. The van der Waals surface area contributed by atoms with Crippen LogP contribution in [0.1, 0.15) is 47.5 Å². The minimum atomic E-state index is -2.52. The summed E-state index contributed by atoms with van der Waals surface area (Å²) in [5.41, 5.74) is 1.30. The molecule has 0 aromatic heterocycles. The number of hydrogen-bond donors (Lipinski definition) is 0. The molecule has 0 aliphatic carbocycles. The molecule has 144 valence electrons. The van der Waals surface area contributed by atoms with E-state index in [1.165, 1.54) is 15.9 Å². The van der Waals surface area contributed by atoms with Gasteiger partial charge >= 0.3 is 0 Å². The van der Waals surface area contributed by atoms with E-state index in [1.807, 2.05) is 6.08 Å². The zero-order valence-electron chi connectivity index (χ0n) is 17.5. The average Bonchev–Trinajstić information content (AvgIpc) is 2.68. The summed E-state index contributed by atoms with van der Waals surface area (Å²) < 4.78 is 7.25. The van der Waals surface area contributed by atoms with Crippen molar-refractivity contribution in [1.29, 1.82) is 0 Å². The third-order valence-electron chi connectivity index (χ3n) is 5.33. The van der Waals surface area contributed by atoms with Crippen molar-refractivity contribution in [2.75, 3.05) is 0 Å². The van der Waals surface area contributed by atoms with E-state index in [4.69, 9.17) is 4.43 Å². The highest BCUT2D eigenvalue weighted by molar-refractivity contribution is 6.99. The Balaban J connectivity index is 2.69. The van der Waals surface area contributed by atoms with Crippen LogP contribution in [0.25, 0.3) is 0 Å². The summed E-state index contributed by atoms with van der Waals surface area (Å²) in [6.45, 7) is 15.2. The smallest absolute Gasteiger partial charge is 0.261 e. The molecule has 0 aliphatic heterocycles. The lowest BCUT2D eigenvalue weighted by molar-refractivity contribution is 0.212. The Morgan fingerprint density at radius 2 is 1.48 bits per heavy atom. The van der Waals surface area contributed by atoms with E-state index in [-0.39, 0.29) is 11.1 Å². The second-order valence-electron chi connectivity index (χ2n) is 8.17. The summed E-state index contributed by atoms with van der Waals surface area (Å²) in [4.78, 5) is 0. The zero-order valence-corrected chi connectivity index (χ0v) is 18.5. The van der Waals surface area contributed by atoms with Crippen molar-refractivity contribution < 1.29 is 4.43 Å². The second kappa shape index (κ2) is 9.34. The fourth-order valence-corrected chi connectivity index (χ4v) is 8.48. The van der Waals surface area contributed by atoms with E-state index >= 15 is 0 Å². The second-order valence-corrected chi connectivity index (χ2v) is 12.4. The molecule has 27 heavy (non-hydrogen) atoms. The van der Waals surface area contributed by atoms with E-state index in [0.29, 0.717) is 0 Å². The molecule has 0 fully saturated rings. The van der Waals surface area contributed by atoms with Gasteiger partial charge in [0.2, 0.25) is 0 Å². The maximum absolute atomic E-state index is 7.25. The Kier molecular flexibility index (Phi) is 7.40. The maximum atomic E-state index is 7.25. The minimum absolute atomic E-state index is 0.00381. The highest BCUT2D eigenvalue weighted by Gasteiger charge is 2.51. The minimum Gasteiger partial charge on any atom is -0.401 e. The molecular weight excluding hydrogens is 344 g/mol. The number of benzene rings is 2. The van der Waals surface area contributed by atoms with E-state index < -0.39 is 8.32 Å². The van der Waals surface area contributed by atoms with E-state index in [9.17, 15) is 0 Å². The van der Waals surface area contributed by atoms with Gasteiger partial charge in [-0.1, -0.05) is 99.2 Å². The van der Waals surface area contributed by atoms with Crippen LogP contribution in [-0.2, 0) is 4.43 Å². The Bertz CT molecular complexity index is 701. The third-order valence-corrected chi connectivity index (χ3v) is 10.4. The molecule has 1 atom stereocenters. The Morgan fingerprint density at radius 1 is 1.00 bits per heavy atom. The van der Waals surface area contributed by atoms with Crippen LogP contribution < -0.4 is 10.4 Å². The molecule has 0 heterocycles. The first-order chi connectivity index (χ1) is 12.9. The first-order valence-corrected chi connectivity index (χ1v) is 11.8. The van der Waals surface area contributed by atoms with Gasteiger partial charge in [0, 0.05) is 0 Å². The van der Waals surface area contributed by atoms with Gasteiger partial charge < -0.3 is 4.43 Å². The van der Waals surface area contributed by atoms with Crippen molar-refractivity contribution in [2.45, 2.75) is 58.6 Å². The largest absolute Gasteiger partial charge is 0.401 e. The summed E-state index contributed by atoms with van der Waals surface area (Å²) in [6.07, 6.45) is 6.19. The standard InChI is InChI=1S/C25H34OSi/c1-7-9-20-24(21(3)8-2)26-27(25(4,5)6,22-16-12-10-13-17-22)23-18-14-11-15-19-23/h7-8,10-19,24H,1,9,20H2,2-6H3/b21-8-. The van der Waals surface area contributed by atoms with Crippen molar-refractivity contribution in [3.63, 3.8) is 0 Å². The van der Waals surface area contributed by atoms with Crippen LogP contribution >= 0.6 is 0 Å². The molecule has 2 rings (SSSR count).